The van der Waals surface area contributed by atoms with Crippen LogP contribution >= 0.6 is 11.8 Å². The number of nitrogens with one attached hydrogen (secondary N) is 1. The van der Waals surface area contributed by atoms with Gasteiger partial charge in [0.1, 0.15) is 0 Å². The molecule has 5 nitrogen and oxygen atoms in total. The van der Waals surface area contributed by atoms with Gasteiger partial charge in [0, 0.05) is 6.54 Å². The van der Waals surface area contributed by atoms with Crippen LogP contribution in [-0.2, 0) is 4.79 Å². The number of furan rings is 1. The van der Waals surface area contributed by atoms with Gasteiger partial charge in [0.2, 0.25) is 0 Å². The van der Waals surface area contributed by atoms with Crippen molar-refractivity contribution in [3.8, 4) is 0 Å². The fourth-order valence-corrected chi connectivity index (χ4v) is 1.39. The van der Waals surface area contributed by atoms with E-state index in [1.54, 1.807) is 26.0 Å². The molecule has 1 rings (SSSR count). The maximum absolute atomic E-state index is 11.6. The average molecular weight is 257 g/mol. The summed E-state index contributed by atoms with van der Waals surface area (Å²) in [5, 5.41) is 12.1. The van der Waals surface area contributed by atoms with E-state index in [1.165, 1.54) is 11.8 Å². The molecule has 0 radical (unpaired) electrons. The van der Waals surface area contributed by atoms with Crippen LogP contribution < -0.4 is 5.32 Å². The number of amides is 1. The van der Waals surface area contributed by atoms with Gasteiger partial charge in [0.15, 0.2) is 10.9 Å². The van der Waals surface area contributed by atoms with Gasteiger partial charge in [-0.15, -0.1) is 0 Å². The van der Waals surface area contributed by atoms with E-state index in [9.17, 15) is 9.59 Å². The van der Waals surface area contributed by atoms with Crippen molar-refractivity contribution in [2.45, 2.75) is 18.9 Å². The van der Waals surface area contributed by atoms with Crippen LogP contribution in [0.15, 0.2) is 21.6 Å². The van der Waals surface area contributed by atoms with Crippen LogP contribution in [0.3, 0.4) is 0 Å². The Balaban J connectivity index is 2.58. The number of aliphatic carboxylic acids is 1. The summed E-state index contributed by atoms with van der Waals surface area (Å²) < 4.78 is 5.22. The summed E-state index contributed by atoms with van der Waals surface area (Å²) in [7, 11) is 0. The first-order chi connectivity index (χ1) is 7.86. The number of hydrogen-bond acceptors (Lipinski definition) is 4. The van der Waals surface area contributed by atoms with E-state index in [-0.39, 0.29) is 12.3 Å². The molecule has 0 saturated carbocycles. The molecule has 1 aromatic heterocycles. The fraction of sp³-hybridized carbons (Fsp3) is 0.455. The van der Waals surface area contributed by atoms with Gasteiger partial charge in [0.25, 0.3) is 5.91 Å². The molecule has 6 heteroatoms. The topological polar surface area (TPSA) is 79.5 Å². The van der Waals surface area contributed by atoms with Gasteiger partial charge in [0.05, 0.1) is 5.41 Å². The van der Waals surface area contributed by atoms with E-state index in [4.69, 9.17) is 9.52 Å². The predicted molar refractivity (Wildman–Crippen MR) is 64.2 cm³/mol. The molecule has 94 valence electrons. The average Bonchev–Trinajstić information content (AvgIpc) is 2.74. The zero-order valence-electron chi connectivity index (χ0n) is 9.94. The number of carbonyl (C=O) groups excluding carboxylic acids is 1. The molecule has 0 aliphatic rings. The number of carbonyl (C=O) groups is 2. The van der Waals surface area contributed by atoms with Crippen molar-refractivity contribution in [3.63, 3.8) is 0 Å². The Hall–Kier alpha value is -1.43. The Morgan fingerprint density at radius 1 is 1.47 bits per heavy atom. The Kier molecular flexibility index (Phi) is 4.22. The van der Waals surface area contributed by atoms with E-state index in [0.29, 0.717) is 5.09 Å². The van der Waals surface area contributed by atoms with Crippen molar-refractivity contribution < 1.29 is 19.1 Å². The van der Waals surface area contributed by atoms with E-state index in [0.717, 1.165) is 0 Å². The molecule has 0 saturated heterocycles. The highest BCUT2D eigenvalue weighted by Gasteiger charge is 2.28. The van der Waals surface area contributed by atoms with Gasteiger partial charge >= 0.3 is 5.97 Å². The highest BCUT2D eigenvalue weighted by atomic mass is 32.2. The van der Waals surface area contributed by atoms with Crippen LogP contribution in [0.4, 0.5) is 0 Å². The lowest BCUT2D eigenvalue weighted by Gasteiger charge is -2.18. The number of thioether (sulfide) groups is 1. The molecule has 0 spiro atoms. The molecule has 0 aromatic carbocycles. The summed E-state index contributed by atoms with van der Waals surface area (Å²) in [4.78, 5) is 22.5. The van der Waals surface area contributed by atoms with Crippen LogP contribution in [-0.4, -0.2) is 29.8 Å². The second-order valence-corrected chi connectivity index (χ2v) is 5.01. The number of rotatable bonds is 5. The maximum Gasteiger partial charge on any atom is 0.310 e. The fourth-order valence-electron chi connectivity index (χ4n) is 1.02. The zero-order valence-corrected chi connectivity index (χ0v) is 10.8. The summed E-state index contributed by atoms with van der Waals surface area (Å²) in [5.41, 5.74) is -0.995. The number of hydrogen-bond donors (Lipinski definition) is 2. The molecule has 17 heavy (non-hydrogen) atoms. The van der Waals surface area contributed by atoms with Crippen molar-refractivity contribution >= 4 is 23.6 Å². The van der Waals surface area contributed by atoms with Crippen LogP contribution in [0.2, 0.25) is 0 Å². The van der Waals surface area contributed by atoms with Crippen molar-refractivity contribution in [2.24, 2.45) is 5.41 Å². The van der Waals surface area contributed by atoms with E-state index >= 15 is 0 Å². The van der Waals surface area contributed by atoms with Crippen LogP contribution in [0.5, 0.6) is 0 Å². The SMILES string of the molecule is CSc1ccc(C(=O)NCC(C)(C)C(=O)O)o1. The zero-order chi connectivity index (χ0) is 13.1. The lowest BCUT2D eigenvalue weighted by atomic mass is 9.94. The summed E-state index contributed by atoms with van der Waals surface area (Å²) in [6, 6.07) is 3.26. The van der Waals surface area contributed by atoms with Gasteiger partial charge in [-0.05, 0) is 32.2 Å². The highest BCUT2D eigenvalue weighted by Crippen LogP contribution is 2.18. The smallest absolute Gasteiger partial charge is 0.310 e. The minimum Gasteiger partial charge on any atom is -0.481 e. The molecule has 1 aromatic rings. The first kappa shape index (κ1) is 13.6. The van der Waals surface area contributed by atoms with Crippen molar-refractivity contribution in [3.05, 3.63) is 17.9 Å². The molecule has 0 bridgehead atoms. The molecule has 1 heterocycles. The third-order valence-electron chi connectivity index (χ3n) is 2.28. The largest absolute Gasteiger partial charge is 0.481 e. The Bertz CT molecular complexity index is 425. The van der Waals surface area contributed by atoms with Gasteiger partial charge in [-0.3, -0.25) is 9.59 Å². The van der Waals surface area contributed by atoms with Gasteiger partial charge in [-0.2, -0.15) is 0 Å². The van der Waals surface area contributed by atoms with Crippen molar-refractivity contribution in [1.82, 2.24) is 5.32 Å². The first-order valence-electron chi connectivity index (χ1n) is 5.02. The van der Waals surface area contributed by atoms with E-state index in [2.05, 4.69) is 5.32 Å². The quantitative estimate of drug-likeness (QED) is 0.787. The standard InChI is InChI=1S/C11H15NO4S/c1-11(2,10(14)15)6-12-9(13)7-4-5-8(16-7)17-3/h4-5H,6H2,1-3H3,(H,12,13)(H,14,15). The van der Waals surface area contributed by atoms with Crippen LogP contribution in [0.25, 0.3) is 0 Å². The Labute approximate surface area is 104 Å². The summed E-state index contributed by atoms with van der Waals surface area (Å²) in [5.74, 6) is -1.17. The summed E-state index contributed by atoms with van der Waals surface area (Å²) in [6.07, 6.45) is 1.84. The summed E-state index contributed by atoms with van der Waals surface area (Å²) >= 11 is 1.39. The molecular weight excluding hydrogens is 242 g/mol. The van der Waals surface area contributed by atoms with Crippen LogP contribution in [0.1, 0.15) is 24.4 Å². The lowest BCUT2D eigenvalue weighted by molar-refractivity contribution is -0.146. The monoisotopic (exact) mass is 257 g/mol. The van der Waals surface area contributed by atoms with Gasteiger partial charge in [-0.25, -0.2) is 0 Å². The number of carboxylic acids is 1. The molecule has 2 N–H and O–H groups in total. The first-order valence-corrected chi connectivity index (χ1v) is 6.25. The normalized spacial score (nSPS) is 11.2. The molecule has 0 fully saturated rings. The molecular formula is C11H15NO4S. The minimum atomic E-state index is -0.995. The van der Waals surface area contributed by atoms with E-state index < -0.39 is 17.3 Å². The maximum atomic E-state index is 11.6. The summed E-state index contributed by atoms with van der Waals surface area (Å²) in [6.45, 7) is 3.15. The molecule has 1 amide bonds. The molecule has 0 aliphatic heterocycles. The predicted octanol–water partition coefficient (Wildman–Crippen LogP) is 1.84. The number of carboxylic acid groups (broad SMARTS) is 1. The van der Waals surface area contributed by atoms with Crippen molar-refractivity contribution in [1.29, 1.82) is 0 Å². The third kappa shape index (κ3) is 3.52. The highest BCUT2D eigenvalue weighted by molar-refractivity contribution is 7.98. The van der Waals surface area contributed by atoms with Gasteiger partial charge in [-0.1, -0.05) is 11.8 Å². The Morgan fingerprint density at radius 2 is 2.12 bits per heavy atom. The van der Waals surface area contributed by atoms with Crippen molar-refractivity contribution in [2.75, 3.05) is 12.8 Å². The molecule has 0 unspecified atom stereocenters. The molecule has 0 atom stereocenters. The van der Waals surface area contributed by atoms with Crippen LogP contribution in [0, 0.1) is 5.41 Å². The van der Waals surface area contributed by atoms with Gasteiger partial charge < -0.3 is 14.8 Å². The lowest BCUT2D eigenvalue weighted by Crippen LogP contribution is -2.38. The molecule has 0 aliphatic carbocycles. The second-order valence-electron chi connectivity index (χ2n) is 4.19. The second kappa shape index (κ2) is 5.27. The minimum absolute atomic E-state index is 0.0521. The third-order valence-corrected chi connectivity index (χ3v) is 2.90. The Morgan fingerprint density at radius 3 is 2.59 bits per heavy atom. The van der Waals surface area contributed by atoms with E-state index in [1.807, 2.05) is 6.26 Å².